The van der Waals surface area contributed by atoms with Crippen LogP contribution in [0.4, 0.5) is 18.9 Å². The van der Waals surface area contributed by atoms with Crippen molar-refractivity contribution in [3.63, 3.8) is 0 Å². The summed E-state index contributed by atoms with van der Waals surface area (Å²) in [5.41, 5.74) is 6.09. The number of rotatable bonds is 7. The molecule has 3 aromatic rings. The minimum atomic E-state index is -1.01. The van der Waals surface area contributed by atoms with Gasteiger partial charge in [0.2, 0.25) is 0 Å². The Morgan fingerprint density at radius 3 is 2.56 bits per heavy atom. The summed E-state index contributed by atoms with van der Waals surface area (Å²) in [6, 6.07) is 5.63. The predicted molar refractivity (Wildman–Crippen MR) is 145 cm³/mol. The van der Waals surface area contributed by atoms with Gasteiger partial charge < -0.3 is 25.6 Å². The predicted octanol–water partition coefficient (Wildman–Crippen LogP) is 4.71. The van der Waals surface area contributed by atoms with Gasteiger partial charge in [0.05, 0.1) is 36.3 Å². The van der Waals surface area contributed by atoms with Crippen LogP contribution in [0.3, 0.4) is 0 Å². The molecule has 41 heavy (non-hydrogen) atoms. The first-order chi connectivity index (χ1) is 19.7. The minimum Gasteiger partial charge on any atom is -0.391 e. The van der Waals surface area contributed by atoms with E-state index >= 15 is 8.78 Å². The second-order valence-corrected chi connectivity index (χ2v) is 10.8. The molecule has 2 fully saturated rings. The van der Waals surface area contributed by atoms with Crippen LogP contribution < -0.4 is 11.1 Å². The van der Waals surface area contributed by atoms with Crippen molar-refractivity contribution in [3.05, 3.63) is 77.0 Å². The van der Waals surface area contributed by atoms with Crippen LogP contribution in [0.5, 0.6) is 0 Å². The third-order valence-electron chi connectivity index (χ3n) is 7.85. The lowest BCUT2D eigenvalue weighted by atomic mass is 9.74. The number of carbonyl (C=O) groups is 1. The monoisotopic (exact) mass is 570 g/mol. The molecule has 4 atom stereocenters. The van der Waals surface area contributed by atoms with Crippen molar-refractivity contribution in [2.75, 3.05) is 18.5 Å². The Morgan fingerprint density at radius 1 is 1.12 bits per heavy atom. The fraction of sp³-hybridized carbons (Fsp3) is 0.433. The fourth-order valence-electron chi connectivity index (χ4n) is 5.62. The van der Waals surface area contributed by atoms with E-state index in [4.69, 9.17) is 15.2 Å². The van der Waals surface area contributed by atoms with Crippen molar-refractivity contribution in [2.24, 2.45) is 11.7 Å². The zero-order chi connectivity index (χ0) is 29.1. The van der Waals surface area contributed by atoms with Crippen molar-refractivity contribution in [2.45, 2.75) is 63.4 Å². The molecule has 1 aromatic carbocycles. The number of hydrogen-bond acceptors (Lipinski definition) is 7. The summed E-state index contributed by atoms with van der Waals surface area (Å²) in [7, 11) is 0. The lowest BCUT2D eigenvalue weighted by molar-refractivity contribution is -0.0391. The van der Waals surface area contributed by atoms with Crippen LogP contribution in [-0.4, -0.2) is 52.4 Å². The number of nitrogens with one attached hydrogen (secondary N) is 1. The summed E-state index contributed by atoms with van der Waals surface area (Å²) in [6.07, 6.45) is 5.00. The molecule has 11 heteroatoms. The normalized spacial score (nSPS) is 23.4. The molecule has 4 N–H and O–H groups in total. The molecule has 5 rings (SSSR count). The molecule has 218 valence electrons. The number of amides is 1. The number of ether oxygens (including phenoxy) is 2. The Labute approximate surface area is 236 Å². The molecular weight excluding hydrogens is 537 g/mol. The number of carbonyl (C=O) groups excluding carboxylic acids is 1. The molecule has 2 aromatic heterocycles. The first kappa shape index (κ1) is 29.1. The first-order valence-corrected chi connectivity index (χ1v) is 13.7. The van der Waals surface area contributed by atoms with Crippen LogP contribution in [0.2, 0.25) is 0 Å². The van der Waals surface area contributed by atoms with Gasteiger partial charge in [-0.05, 0) is 79.0 Å². The molecule has 8 nitrogen and oxygen atoms in total. The molecule has 2 aliphatic rings. The number of halogens is 3. The number of benzene rings is 1. The highest BCUT2D eigenvalue weighted by Gasteiger charge is 2.34. The third-order valence-corrected chi connectivity index (χ3v) is 7.85. The van der Waals surface area contributed by atoms with Gasteiger partial charge in [0, 0.05) is 25.5 Å². The van der Waals surface area contributed by atoms with Crippen LogP contribution in [-0.2, 0) is 16.1 Å². The molecule has 0 unspecified atom stereocenters. The van der Waals surface area contributed by atoms with E-state index in [1.165, 1.54) is 6.20 Å². The summed E-state index contributed by atoms with van der Waals surface area (Å²) < 4.78 is 56.1. The summed E-state index contributed by atoms with van der Waals surface area (Å²) >= 11 is 0. The number of nitrogens with zero attached hydrogens (tertiary/aromatic N) is 2. The number of aromatic nitrogens is 2. The quantitative estimate of drug-likeness (QED) is 0.376. The maximum atomic E-state index is 15.1. The number of hydrogen-bond donors (Lipinski definition) is 3. The Kier molecular flexibility index (Phi) is 8.98. The highest BCUT2D eigenvalue weighted by molar-refractivity contribution is 6.03. The van der Waals surface area contributed by atoms with Gasteiger partial charge in [0.15, 0.2) is 0 Å². The fourth-order valence-corrected chi connectivity index (χ4v) is 5.62. The Hall–Kier alpha value is -3.38. The second-order valence-electron chi connectivity index (χ2n) is 10.8. The number of aliphatic hydroxyl groups excluding tert-OH is 1. The van der Waals surface area contributed by atoms with Gasteiger partial charge in [-0.2, -0.15) is 0 Å². The Balaban J connectivity index is 1.35. The summed E-state index contributed by atoms with van der Waals surface area (Å²) in [6.45, 7) is 3.06. The lowest BCUT2D eigenvalue weighted by Gasteiger charge is -2.36. The summed E-state index contributed by atoms with van der Waals surface area (Å²) in [4.78, 5) is 21.3. The van der Waals surface area contributed by atoms with Crippen LogP contribution in [0, 0.1) is 23.4 Å². The van der Waals surface area contributed by atoms with E-state index < -0.39 is 46.8 Å². The molecule has 1 saturated carbocycles. The van der Waals surface area contributed by atoms with Crippen molar-refractivity contribution < 1.29 is 32.5 Å². The molecular formula is C30H33F3N4O4. The average molecular weight is 571 g/mol. The van der Waals surface area contributed by atoms with Gasteiger partial charge in [0.25, 0.3) is 5.91 Å². The van der Waals surface area contributed by atoms with Crippen molar-refractivity contribution in [3.8, 4) is 11.3 Å². The molecule has 0 bridgehead atoms. The van der Waals surface area contributed by atoms with E-state index in [0.717, 1.165) is 29.8 Å². The van der Waals surface area contributed by atoms with Gasteiger partial charge >= 0.3 is 0 Å². The molecule has 1 saturated heterocycles. The lowest BCUT2D eigenvalue weighted by Crippen LogP contribution is -2.44. The minimum absolute atomic E-state index is 0.00573. The van der Waals surface area contributed by atoms with E-state index in [9.17, 15) is 14.3 Å². The topological polar surface area (TPSA) is 120 Å². The maximum Gasteiger partial charge on any atom is 0.274 e. The van der Waals surface area contributed by atoms with Gasteiger partial charge in [-0.15, -0.1) is 0 Å². The highest BCUT2D eigenvalue weighted by atomic mass is 19.1. The zero-order valence-electron chi connectivity index (χ0n) is 22.7. The van der Waals surface area contributed by atoms with E-state index in [2.05, 4.69) is 15.3 Å². The van der Waals surface area contributed by atoms with Crippen molar-refractivity contribution in [1.29, 1.82) is 0 Å². The third kappa shape index (κ3) is 6.59. The number of pyridine rings is 2. The van der Waals surface area contributed by atoms with Gasteiger partial charge in [0.1, 0.15) is 28.8 Å². The molecule has 1 aliphatic heterocycles. The average Bonchev–Trinajstić information content (AvgIpc) is 2.96. The van der Waals surface area contributed by atoms with Gasteiger partial charge in [-0.3, -0.25) is 9.78 Å². The maximum absolute atomic E-state index is 15.1. The largest absolute Gasteiger partial charge is 0.391 e. The van der Waals surface area contributed by atoms with E-state index in [1.54, 1.807) is 12.3 Å². The number of nitrogens with two attached hydrogens (primary N) is 1. The SMILES string of the molecule is C[C@H]1C[C@@H](c2ccncc2NC(=O)c2ccc(F)c(-c3c(F)cc(COC4CCOCC4)cc3F)n2)C[C@@H](N)[C@@H]1O. The molecule has 1 aliphatic carbocycles. The smallest absolute Gasteiger partial charge is 0.274 e. The van der Waals surface area contributed by atoms with Gasteiger partial charge in [-0.25, -0.2) is 18.2 Å². The molecule has 0 radical (unpaired) electrons. The second kappa shape index (κ2) is 12.6. The van der Waals surface area contributed by atoms with Crippen LogP contribution in [0.25, 0.3) is 11.3 Å². The van der Waals surface area contributed by atoms with Crippen LogP contribution >= 0.6 is 0 Å². The van der Waals surface area contributed by atoms with Gasteiger partial charge in [-0.1, -0.05) is 6.92 Å². The van der Waals surface area contributed by atoms with Crippen molar-refractivity contribution >= 4 is 11.6 Å². The highest BCUT2D eigenvalue weighted by Crippen LogP contribution is 2.38. The summed E-state index contributed by atoms with van der Waals surface area (Å²) in [5, 5.41) is 13.0. The zero-order valence-corrected chi connectivity index (χ0v) is 22.7. The van der Waals surface area contributed by atoms with Crippen molar-refractivity contribution in [1.82, 2.24) is 9.97 Å². The molecule has 1 amide bonds. The number of anilines is 1. The standard InChI is InChI=1S/C30H33F3N4O4/c1-16-10-18(13-24(34)29(16)38)20-4-7-35-14-26(20)37-30(39)25-3-2-21(31)28(36-25)27-22(32)11-17(12-23(27)33)15-41-19-5-8-40-9-6-19/h2-4,7,11-12,14,16,18-19,24,29,38H,5-6,8-10,13,15,34H2,1H3,(H,37,39)/t16-,18+,24+,29+/m0/s1. The Morgan fingerprint density at radius 2 is 1.85 bits per heavy atom. The Bertz CT molecular complexity index is 1370. The van der Waals surface area contributed by atoms with E-state index in [1.807, 2.05) is 6.92 Å². The molecule has 0 spiro atoms. The molecule has 3 heterocycles. The number of aliphatic hydroxyl groups is 1. The van der Waals surface area contributed by atoms with Crippen LogP contribution in [0.15, 0.2) is 42.7 Å². The first-order valence-electron chi connectivity index (χ1n) is 13.7. The summed E-state index contributed by atoms with van der Waals surface area (Å²) in [5.74, 6) is -3.77. The van der Waals surface area contributed by atoms with E-state index in [0.29, 0.717) is 44.6 Å². The van der Waals surface area contributed by atoms with E-state index in [-0.39, 0.29) is 35.8 Å². The van der Waals surface area contributed by atoms with Crippen LogP contribution in [0.1, 0.15) is 60.1 Å².